The summed E-state index contributed by atoms with van der Waals surface area (Å²) in [7, 11) is 0. The average Bonchev–Trinajstić information content (AvgIpc) is 3.39. The molecule has 1 N–H and O–H groups in total. The van der Waals surface area contributed by atoms with Crippen LogP contribution in [0.25, 0.3) is 5.69 Å². The quantitative estimate of drug-likeness (QED) is 0.580. The molecule has 1 aliphatic heterocycles. The molecule has 3 heterocycles. The summed E-state index contributed by atoms with van der Waals surface area (Å²) in [4.78, 5) is 6.98. The van der Waals surface area contributed by atoms with Crippen molar-refractivity contribution in [3.63, 3.8) is 0 Å². The molecule has 2 aliphatic rings. The lowest BCUT2D eigenvalue weighted by molar-refractivity contribution is 0.193. The van der Waals surface area contributed by atoms with Gasteiger partial charge in [0.05, 0.1) is 23.5 Å². The van der Waals surface area contributed by atoms with E-state index in [0.717, 1.165) is 29.3 Å². The smallest absolute Gasteiger partial charge is 0.170 e. The lowest BCUT2D eigenvalue weighted by Gasteiger charge is -2.37. The van der Waals surface area contributed by atoms with E-state index in [9.17, 15) is 4.39 Å². The van der Waals surface area contributed by atoms with Crippen LogP contribution in [0.4, 0.5) is 4.39 Å². The van der Waals surface area contributed by atoms with Crippen molar-refractivity contribution in [2.75, 3.05) is 0 Å². The molecule has 6 heteroatoms. The second-order valence-corrected chi connectivity index (χ2v) is 8.47. The number of halogens is 1. The third kappa shape index (κ3) is 3.39. The molecular formula is C24H25FN4S. The standard InChI is InChI=1S/C24H25FN4S/c25-18-11-4-5-13-20(18)28-16-8-14-21(28)23-22(19-12-6-7-15-26-19)27-24(30)29(23)17-9-2-1-3-10-17/h4-8,11-17,22-23H,1-3,9-10H2,(H,27,30)/t22-,23+/m1/s1. The van der Waals surface area contributed by atoms with Gasteiger partial charge in [0.2, 0.25) is 0 Å². The van der Waals surface area contributed by atoms with Crippen molar-refractivity contribution in [2.24, 2.45) is 0 Å². The lowest BCUT2D eigenvalue weighted by Crippen LogP contribution is -2.40. The molecule has 1 saturated carbocycles. The zero-order valence-corrected chi connectivity index (χ0v) is 17.6. The maximum absolute atomic E-state index is 14.7. The first-order chi connectivity index (χ1) is 14.7. The van der Waals surface area contributed by atoms with Gasteiger partial charge in [0, 0.05) is 24.1 Å². The number of hydrogen-bond donors (Lipinski definition) is 1. The van der Waals surface area contributed by atoms with E-state index in [1.807, 2.05) is 53.4 Å². The second kappa shape index (κ2) is 8.19. The normalized spacial score (nSPS) is 22.3. The topological polar surface area (TPSA) is 33.1 Å². The molecule has 2 atom stereocenters. The van der Waals surface area contributed by atoms with Gasteiger partial charge >= 0.3 is 0 Å². The summed E-state index contributed by atoms with van der Waals surface area (Å²) < 4.78 is 16.6. The fraction of sp³-hybridized carbons (Fsp3) is 0.333. The average molecular weight is 421 g/mol. The van der Waals surface area contributed by atoms with Crippen LogP contribution in [-0.4, -0.2) is 25.6 Å². The van der Waals surface area contributed by atoms with Crippen molar-refractivity contribution in [1.29, 1.82) is 0 Å². The van der Waals surface area contributed by atoms with E-state index in [0.29, 0.717) is 11.7 Å². The first-order valence-electron chi connectivity index (χ1n) is 10.7. The van der Waals surface area contributed by atoms with E-state index >= 15 is 0 Å². The van der Waals surface area contributed by atoms with Crippen LogP contribution in [0.5, 0.6) is 0 Å². The van der Waals surface area contributed by atoms with Gasteiger partial charge in [0.15, 0.2) is 5.11 Å². The molecule has 0 radical (unpaired) electrons. The zero-order valence-electron chi connectivity index (χ0n) is 16.7. The number of nitrogens with one attached hydrogen (secondary N) is 1. The van der Waals surface area contributed by atoms with Gasteiger partial charge in [-0.1, -0.05) is 37.5 Å². The molecule has 0 amide bonds. The number of pyridine rings is 1. The molecule has 3 aromatic rings. The molecule has 0 spiro atoms. The van der Waals surface area contributed by atoms with Crippen molar-refractivity contribution < 1.29 is 4.39 Å². The molecule has 0 bridgehead atoms. The molecule has 1 saturated heterocycles. The van der Waals surface area contributed by atoms with E-state index in [-0.39, 0.29) is 17.9 Å². The number of aromatic nitrogens is 2. The Kier molecular flexibility index (Phi) is 5.25. The van der Waals surface area contributed by atoms with Gasteiger partial charge < -0.3 is 14.8 Å². The van der Waals surface area contributed by atoms with E-state index < -0.39 is 0 Å². The Morgan fingerprint density at radius 3 is 2.53 bits per heavy atom. The van der Waals surface area contributed by atoms with Crippen molar-refractivity contribution >= 4 is 17.3 Å². The fourth-order valence-electron chi connectivity index (χ4n) is 4.94. The van der Waals surface area contributed by atoms with E-state index in [1.165, 1.54) is 25.3 Å². The zero-order chi connectivity index (χ0) is 20.5. The van der Waals surface area contributed by atoms with E-state index in [2.05, 4.69) is 21.3 Å². The predicted molar refractivity (Wildman–Crippen MR) is 120 cm³/mol. The first-order valence-corrected chi connectivity index (χ1v) is 11.1. The van der Waals surface area contributed by atoms with Gasteiger partial charge in [-0.05, 0) is 61.5 Å². The molecular weight excluding hydrogens is 395 g/mol. The summed E-state index contributed by atoms with van der Waals surface area (Å²) in [6, 6.07) is 17.2. The number of nitrogens with zero attached hydrogens (tertiary/aromatic N) is 3. The van der Waals surface area contributed by atoms with E-state index in [4.69, 9.17) is 12.2 Å². The van der Waals surface area contributed by atoms with Crippen LogP contribution < -0.4 is 5.32 Å². The van der Waals surface area contributed by atoms with Crippen LogP contribution in [0.2, 0.25) is 0 Å². The number of hydrogen-bond acceptors (Lipinski definition) is 2. The highest BCUT2D eigenvalue weighted by molar-refractivity contribution is 7.80. The second-order valence-electron chi connectivity index (χ2n) is 8.08. The highest BCUT2D eigenvalue weighted by atomic mass is 32.1. The molecule has 154 valence electrons. The Balaban J connectivity index is 1.62. The Morgan fingerprint density at radius 2 is 1.77 bits per heavy atom. The van der Waals surface area contributed by atoms with Crippen molar-refractivity contribution in [1.82, 2.24) is 19.8 Å². The van der Waals surface area contributed by atoms with Gasteiger partial charge in [-0.3, -0.25) is 4.98 Å². The minimum Gasteiger partial charge on any atom is -0.352 e. The molecule has 2 fully saturated rings. The summed E-state index contributed by atoms with van der Waals surface area (Å²) in [5.41, 5.74) is 2.52. The van der Waals surface area contributed by atoms with Crippen LogP contribution in [-0.2, 0) is 0 Å². The highest BCUT2D eigenvalue weighted by Gasteiger charge is 2.44. The molecule has 4 nitrogen and oxygen atoms in total. The van der Waals surface area contributed by atoms with Gasteiger partial charge in [0.1, 0.15) is 5.82 Å². The van der Waals surface area contributed by atoms with Crippen LogP contribution in [0.15, 0.2) is 67.0 Å². The molecule has 2 aromatic heterocycles. The summed E-state index contributed by atoms with van der Waals surface area (Å²) in [5.74, 6) is -0.234. The molecule has 1 aromatic carbocycles. The Hall–Kier alpha value is -2.73. The molecule has 0 unspecified atom stereocenters. The largest absolute Gasteiger partial charge is 0.352 e. The summed E-state index contributed by atoms with van der Waals surface area (Å²) in [6.45, 7) is 0. The summed E-state index contributed by atoms with van der Waals surface area (Å²) >= 11 is 5.84. The van der Waals surface area contributed by atoms with Crippen molar-refractivity contribution in [3.05, 3.63) is 84.2 Å². The number of thiocarbonyl (C=S) groups is 1. The number of benzene rings is 1. The summed E-state index contributed by atoms with van der Waals surface area (Å²) in [5, 5.41) is 4.30. The van der Waals surface area contributed by atoms with Crippen LogP contribution >= 0.6 is 12.2 Å². The SMILES string of the molecule is Fc1ccccc1-n1cccc1[C@H]1[C@@H](c2ccccn2)NC(=S)N1C1CCCCC1. The monoisotopic (exact) mass is 420 g/mol. The van der Waals surface area contributed by atoms with Crippen LogP contribution in [0, 0.1) is 5.82 Å². The molecule has 1 aliphatic carbocycles. The predicted octanol–water partition coefficient (Wildman–Crippen LogP) is 5.32. The maximum atomic E-state index is 14.7. The Morgan fingerprint density at radius 1 is 0.967 bits per heavy atom. The van der Waals surface area contributed by atoms with Crippen molar-refractivity contribution in [2.45, 2.75) is 50.2 Å². The van der Waals surface area contributed by atoms with Crippen molar-refractivity contribution in [3.8, 4) is 5.69 Å². The maximum Gasteiger partial charge on any atom is 0.170 e. The fourth-order valence-corrected chi connectivity index (χ4v) is 5.33. The van der Waals surface area contributed by atoms with Gasteiger partial charge in [-0.15, -0.1) is 0 Å². The first kappa shape index (κ1) is 19.2. The van der Waals surface area contributed by atoms with Crippen LogP contribution in [0.1, 0.15) is 55.6 Å². The number of rotatable bonds is 4. The summed E-state index contributed by atoms with van der Waals surface area (Å²) in [6.07, 6.45) is 9.74. The molecule has 30 heavy (non-hydrogen) atoms. The Bertz CT molecular complexity index is 1030. The van der Waals surface area contributed by atoms with E-state index in [1.54, 1.807) is 6.07 Å². The minimum atomic E-state index is -0.234. The lowest BCUT2D eigenvalue weighted by atomic mass is 9.92. The van der Waals surface area contributed by atoms with Gasteiger partial charge in [-0.25, -0.2) is 4.39 Å². The molecule has 5 rings (SSSR count). The third-order valence-corrected chi connectivity index (χ3v) is 6.63. The number of para-hydroxylation sites is 1. The third-order valence-electron chi connectivity index (χ3n) is 6.30. The van der Waals surface area contributed by atoms with Gasteiger partial charge in [-0.2, -0.15) is 0 Å². The van der Waals surface area contributed by atoms with Gasteiger partial charge in [0.25, 0.3) is 0 Å². The minimum absolute atomic E-state index is 0.0508. The highest BCUT2D eigenvalue weighted by Crippen LogP contribution is 2.43. The Labute approximate surface area is 181 Å². The van der Waals surface area contributed by atoms with Crippen LogP contribution in [0.3, 0.4) is 0 Å².